The van der Waals surface area contributed by atoms with E-state index >= 15 is 0 Å². The Morgan fingerprint density at radius 1 is 1.57 bits per heavy atom. The van der Waals surface area contributed by atoms with E-state index in [0.717, 1.165) is 17.5 Å². The second kappa shape index (κ2) is 3.33. The van der Waals surface area contributed by atoms with Gasteiger partial charge in [-0.15, -0.1) is 0 Å². The van der Waals surface area contributed by atoms with Gasteiger partial charge in [0.15, 0.2) is 0 Å². The molecule has 0 fully saturated rings. The van der Waals surface area contributed by atoms with Gasteiger partial charge in [-0.2, -0.15) is 0 Å². The molecule has 1 aromatic rings. The first kappa shape index (κ1) is 9.06. The molecule has 1 aliphatic carbocycles. The molecule has 0 saturated carbocycles. The summed E-state index contributed by atoms with van der Waals surface area (Å²) in [4.78, 5) is 11.0. The topological polar surface area (TPSA) is 46.5 Å². The Morgan fingerprint density at radius 2 is 2.36 bits per heavy atom. The summed E-state index contributed by atoms with van der Waals surface area (Å²) in [5, 5.41) is 9.02. The molecule has 0 unspecified atom stereocenters. The molecule has 74 valence electrons. The number of carbonyl (C=O) groups is 1. The van der Waals surface area contributed by atoms with Crippen molar-refractivity contribution in [3.05, 3.63) is 29.3 Å². The number of ether oxygens (including phenoxy) is 1. The number of aryl methyl sites for hydroxylation is 1. The number of benzene rings is 1. The lowest BCUT2D eigenvalue weighted by Gasteiger charge is -2.10. The first-order chi connectivity index (χ1) is 6.74. The van der Waals surface area contributed by atoms with Gasteiger partial charge in [0, 0.05) is 5.56 Å². The lowest BCUT2D eigenvalue weighted by Crippen LogP contribution is -2.08. The van der Waals surface area contributed by atoms with Crippen LogP contribution < -0.4 is 4.74 Å². The van der Waals surface area contributed by atoms with E-state index < -0.39 is 5.97 Å². The molecular weight excluding hydrogens is 180 g/mol. The summed E-state index contributed by atoms with van der Waals surface area (Å²) >= 11 is 0. The van der Waals surface area contributed by atoms with Crippen LogP contribution in [0.3, 0.4) is 0 Å². The Labute approximate surface area is 82.3 Å². The molecule has 1 aromatic carbocycles. The molecule has 1 aliphatic rings. The fraction of sp³-hybridized carbons (Fsp3) is 0.364. The van der Waals surface area contributed by atoms with Crippen LogP contribution in [0.4, 0.5) is 0 Å². The van der Waals surface area contributed by atoms with Gasteiger partial charge >= 0.3 is 5.97 Å². The fourth-order valence-corrected chi connectivity index (χ4v) is 2.07. The number of hydrogen-bond acceptors (Lipinski definition) is 2. The van der Waals surface area contributed by atoms with E-state index in [2.05, 4.69) is 0 Å². The molecule has 0 spiro atoms. The maximum absolute atomic E-state index is 11.0. The zero-order chi connectivity index (χ0) is 10.1. The standard InChI is InChI=1S/C11H12O3/c1-14-9-4-2-3-7-5-6-8(10(7)9)11(12)13/h2-4,8H,5-6H2,1H3,(H,12,13)/t8-/m1/s1. The van der Waals surface area contributed by atoms with Crippen LogP contribution in [-0.4, -0.2) is 18.2 Å². The zero-order valence-electron chi connectivity index (χ0n) is 7.99. The Balaban J connectivity index is 2.50. The van der Waals surface area contributed by atoms with Gasteiger partial charge in [0.2, 0.25) is 0 Å². The minimum Gasteiger partial charge on any atom is -0.496 e. The number of hydrogen-bond donors (Lipinski definition) is 1. The summed E-state index contributed by atoms with van der Waals surface area (Å²) in [6.45, 7) is 0. The maximum Gasteiger partial charge on any atom is 0.311 e. The first-order valence-corrected chi connectivity index (χ1v) is 4.62. The monoisotopic (exact) mass is 192 g/mol. The van der Waals surface area contributed by atoms with Crippen molar-refractivity contribution < 1.29 is 14.6 Å². The molecule has 0 aromatic heterocycles. The van der Waals surface area contributed by atoms with Crippen molar-refractivity contribution in [2.45, 2.75) is 18.8 Å². The Morgan fingerprint density at radius 3 is 3.00 bits per heavy atom. The summed E-state index contributed by atoms with van der Waals surface area (Å²) < 4.78 is 5.17. The molecule has 0 radical (unpaired) electrons. The summed E-state index contributed by atoms with van der Waals surface area (Å²) in [6, 6.07) is 5.70. The zero-order valence-corrected chi connectivity index (χ0v) is 7.99. The molecule has 0 heterocycles. The predicted octanol–water partition coefficient (Wildman–Crippen LogP) is 1.81. The van der Waals surface area contributed by atoms with Gasteiger partial charge < -0.3 is 9.84 Å². The molecule has 0 saturated heterocycles. The Bertz CT molecular complexity index is 371. The summed E-state index contributed by atoms with van der Waals surface area (Å²) in [7, 11) is 1.58. The quantitative estimate of drug-likeness (QED) is 0.777. The lowest BCUT2D eigenvalue weighted by molar-refractivity contribution is -0.138. The van der Waals surface area contributed by atoms with Crippen molar-refractivity contribution in [2.24, 2.45) is 0 Å². The highest BCUT2D eigenvalue weighted by Gasteiger charge is 2.31. The number of aliphatic carboxylic acids is 1. The number of methoxy groups -OCH3 is 1. The third-order valence-electron chi connectivity index (χ3n) is 2.73. The molecule has 2 rings (SSSR count). The molecule has 0 aliphatic heterocycles. The van der Waals surface area contributed by atoms with Crippen LogP contribution in [0.5, 0.6) is 5.75 Å². The highest BCUT2D eigenvalue weighted by atomic mass is 16.5. The SMILES string of the molecule is COc1cccc2c1[C@H](C(=O)O)CC2. The van der Waals surface area contributed by atoms with Crippen molar-refractivity contribution >= 4 is 5.97 Å². The molecule has 1 N–H and O–H groups in total. The van der Waals surface area contributed by atoms with E-state index in [-0.39, 0.29) is 5.92 Å². The van der Waals surface area contributed by atoms with Gasteiger partial charge in [-0.1, -0.05) is 12.1 Å². The van der Waals surface area contributed by atoms with E-state index in [9.17, 15) is 4.79 Å². The molecular formula is C11H12O3. The van der Waals surface area contributed by atoms with Gasteiger partial charge in [0.25, 0.3) is 0 Å². The largest absolute Gasteiger partial charge is 0.496 e. The van der Waals surface area contributed by atoms with Crippen LogP contribution in [0.1, 0.15) is 23.5 Å². The van der Waals surface area contributed by atoms with E-state index in [1.807, 2.05) is 18.2 Å². The summed E-state index contributed by atoms with van der Waals surface area (Å²) in [5.41, 5.74) is 1.97. The number of carboxylic acids is 1. The third kappa shape index (κ3) is 1.25. The van der Waals surface area contributed by atoms with Gasteiger partial charge in [0.1, 0.15) is 5.75 Å². The van der Waals surface area contributed by atoms with Gasteiger partial charge in [-0.05, 0) is 24.5 Å². The van der Waals surface area contributed by atoms with E-state index in [1.165, 1.54) is 0 Å². The Hall–Kier alpha value is -1.51. The smallest absolute Gasteiger partial charge is 0.311 e. The summed E-state index contributed by atoms with van der Waals surface area (Å²) in [5.74, 6) is -0.443. The molecule has 0 bridgehead atoms. The van der Waals surface area contributed by atoms with Crippen LogP contribution in [-0.2, 0) is 11.2 Å². The molecule has 3 nitrogen and oxygen atoms in total. The van der Waals surface area contributed by atoms with E-state index in [0.29, 0.717) is 12.2 Å². The van der Waals surface area contributed by atoms with Crippen molar-refractivity contribution in [1.29, 1.82) is 0 Å². The first-order valence-electron chi connectivity index (χ1n) is 4.62. The fourth-order valence-electron chi connectivity index (χ4n) is 2.07. The maximum atomic E-state index is 11.0. The van der Waals surface area contributed by atoms with Gasteiger partial charge in [-0.3, -0.25) is 4.79 Å². The van der Waals surface area contributed by atoms with Crippen molar-refractivity contribution in [2.75, 3.05) is 7.11 Å². The number of fused-ring (bicyclic) bond motifs is 1. The molecule has 14 heavy (non-hydrogen) atoms. The highest BCUT2D eigenvalue weighted by Crippen LogP contribution is 2.39. The minimum atomic E-state index is -0.756. The van der Waals surface area contributed by atoms with Crippen molar-refractivity contribution in [3.8, 4) is 5.75 Å². The normalized spacial score (nSPS) is 19.1. The van der Waals surface area contributed by atoms with Gasteiger partial charge in [0.05, 0.1) is 13.0 Å². The van der Waals surface area contributed by atoms with Gasteiger partial charge in [-0.25, -0.2) is 0 Å². The third-order valence-corrected chi connectivity index (χ3v) is 2.73. The van der Waals surface area contributed by atoms with Crippen LogP contribution in [0, 0.1) is 0 Å². The van der Waals surface area contributed by atoms with Crippen LogP contribution in [0.25, 0.3) is 0 Å². The number of rotatable bonds is 2. The predicted molar refractivity (Wildman–Crippen MR) is 51.7 cm³/mol. The minimum absolute atomic E-state index is 0.388. The Kier molecular flexibility index (Phi) is 2.15. The second-order valence-electron chi connectivity index (χ2n) is 3.46. The highest BCUT2D eigenvalue weighted by molar-refractivity contribution is 5.79. The van der Waals surface area contributed by atoms with Crippen molar-refractivity contribution in [1.82, 2.24) is 0 Å². The second-order valence-corrected chi connectivity index (χ2v) is 3.46. The number of carboxylic acid groups (broad SMARTS) is 1. The average Bonchev–Trinajstić information content (AvgIpc) is 2.60. The van der Waals surface area contributed by atoms with Crippen molar-refractivity contribution in [3.63, 3.8) is 0 Å². The molecule has 0 amide bonds. The average molecular weight is 192 g/mol. The van der Waals surface area contributed by atoms with Crippen LogP contribution in [0.2, 0.25) is 0 Å². The van der Waals surface area contributed by atoms with E-state index in [4.69, 9.17) is 9.84 Å². The molecule has 3 heteroatoms. The van der Waals surface area contributed by atoms with Crippen LogP contribution in [0.15, 0.2) is 18.2 Å². The van der Waals surface area contributed by atoms with E-state index in [1.54, 1.807) is 7.11 Å². The van der Waals surface area contributed by atoms with Crippen LogP contribution >= 0.6 is 0 Å². The summed E-state index contributed by atoms with van der Waals surface area (Å²) in [6.07, 6.45) is 1.52. The molecule has 1 atom stereocenters. The lowest BCUT2D eigenvalue weighted by atomic mass is 10.0.